The van der Waals surface area contributed by atoms with Gasteiger partial charge in [0.15, 0.2) is 0 Å². The zero-order valence-electron chi connectivity index (χ0n) is 13.2. The van der Waals surface area contributed by atoms with Gasteiger partial charge >= 0.3 is 0 Å². The third-order valence-electron chi connectivity index (χ3n) is 4.01. The van der Waals surface area contributed by atoms with Crippen LogP contribution in [0.5, 0.6) is 0 Å². The molecule has 0 saturated heterocycles. The second-order valence-corrected chi connectivity index (χ2v) is 7.76. The third-order valence-corrected chi connectivity index (χ3v) is 6.17. The van der Waals surface area contributed by atoms with Crippen LogP contribution >= 0.6 is 8.53 Å². The summed E-state index contributed by atoms with van der Waals surface area (Å²) in [6, 6.07) is 0.820. The predicted octanol–water partition coefficient (Wildman–Crippen LogP) is 3.29. The molecule has 116 valence electrons. The van der Waals surface area contributed by atoms with Crippen molar-refractivity contribution < 1.29 is 9.05 Å². The smallest absolute Gasteiger partial charge is 0.259 e. The van der Waals surface area contributed by atoms with Crippen LogP contribution in [0.4, 0.5) is 0 Å². The Morgan fingerprint density at radius 1 is 1.20 bits per heavy atom. The van der Waals surface area contributed by atoms with Crippen LogP contribution in [0.1, 0.15) is 40.5 Å². The molecule has 1 fully saturated rings. The molecule has 2 N–H and O–H groups in total. The zero-order chi connectivity index (χ0) is 14.7. The van der Waals surface area contributed by atoms with Gasteiger partial charge in [-0.25, -0.2) is 4.67 Å². The summed E-state index contributed by atoms with van der Waals surface area (Å²) in [6.07, 6.45) is 7.40. The second-order valence-electron chi connectivity index (χ2n) is 6.35. The van der Waals surface area contributed by atoms with Crippen LogP contribution in [0, 0.1) is 11.8 Å². The average Bonchev–Trinajstić information content (AvgIpc) is 2.97. The van der Waals surface area contributed by atoms with Gasteiger partial charge in [0.25, 0.3) is 8.53 Å². The molecular weight excluding hydrogens is 271 g/mol. The molecule has 2 bridgehead atoms. The second kappa shape index (κ2) is 7.33. The minimum absolute atomic E-state index is 0.328. The highest BCUT2D eigenvalue weighted by atomic mass is 31.2. The van der Waals surface area contributed by atoms with Crippen molar-refractivity contribution in [1.82, 2.24) is 4.67 Å². The Morgan fingerprint density at radius 2 is 1.90 bits per heavy atom. The lowest BCUT2D eigenvalue weighted by atomic mass is 10.1. The molecule has 4 nitrogen and oxygen atoms in total. The first-order valence-corrected chi connectivity index (χ1v) is 8.92. The van der Waals surface area contributed by atoms with Crippen LogP contribution in [0.15, 0.2) is 12.2 Å². The van der Waals surface area contributed by atoms with E-state index in [-0.39, 0.29) is 0 Å². The van der Waals surface area contributed by atoms with Crippen molar-refractivity contribution in [3.05, 3.63) is 12.2 Å². The zero-order valence-corrected chi connectivity index (χ0v) is 14.1. The summed E-state index contributed by atoms with van der Waals surface area (Å²) in [7, 11) is -1.01. The molecule has 0 spiro atoms. The Kier molecular flexibility index (Phi) is 6.00. The first-order valence-electron chi connectivity index (χ1n) is 7.79. The van der Waals surface area contributed by atoms with Gasteiger partial charge in [-0.2, -0.15) is 0 Å². The molecule has 0 aromatic carbocycles. The fourth-order valence-corrected chi connectivity index (χ4v) is 5.02. The highest BCUT2D eigenvalue weighted by Gasteiger charge is 2.40. The molecule has 5 heteroatoms. The van der Waals surface area contributed by atoms with Gasteiger partial charge in [0.2, 0.25) is 0 Å². The minimum Gasteiger partial charge on any atom is -0.328 e. The van der Waals surface area contributed by atoms with Crippen LogP contribution < -0.4 is 5.73 Å². The minimum atomic E-state index is -1.01. The monoisotopic (exact) mass is 300 g/mol. The SMILES string of the molecule is CC(C)N(C(C)C)P(OCCN)OC1CC2C=CC1C2. The molecule has 2 aliphatic rings. The summed E-state index contributed by atoms with van der Waals surface area (Å²) < 4.78 is 14.7. The van der Waals surface area contributed by atoms with Crippen molar-refractivity contribution in [2.75, 3.05) is 13.2 Å². The highest BCUT2D eigenvalue weighted by molar-refractivity contribution is 7.44. The number of nitrogens with two attached hydrogens (primary N) is 1. The Bertz CT molecular complexity index is 328. The molecular formula is C15H29N2O2P. The number of hydrogen-bond donors (Lipinski definition) is 1. The van der Waals surface area contributed by atoms with Gasteiger partial charge in [0.1, 0.15) is 0 Å². The Hall–Kier alpha value is 0.0100. The molecule has 0 radical (unpaired) electrons. The lowest BCUT2D eigenvalue weighted by Crippen LogP contribution is -2.35. The van der Waals surface area contributed by atoms with E-state index in [0.29, 0.717) is 37.3 Å². The number of fused-ring (bicyclic) bond motifs is 2. The maximum Gasteiger partial charge on any atom is 0.259 e. The van der Waals surface area contributed by atoms with Gasteiger partial charge in [-0.1, -0.05) is 12.2 Å². The standard InChI is InChI=1S/C15H29N2O2P/c1-11(2)17(12(3)4)20(18-8-7-16)19-15-10-13-5-6-14(15)9-13/h5-6,11-15H,7-10,16H2,1-4H3. The van der Waals surface area contributed by atoms with Gasteiger partial charge in [0, 0.05) is 24.5 Å². The van der Waals surface area contributed by atoms with E-state index in [1.807, 2.05) is 0 Å². The van der Waals surface area contributed by atoms with E-state index in [0.717, 1.165) is 12.3 Å². The van der Waals surface area contributed by atoms with E-state index >= 15 is 0 Å². The highest BCUT2D eigenvalue weighted by Crippen LogP contribution is 2.52. The number of nitrogens with zero attached hydrogens (tertiary/aromatic N) is 1. The predicted molar refractivity (Wildman–Crippen MR) is 84.3 cm³/mol. The molecule has 1 saturated carbocycles. The van der Waals surface area contributed by atoms with Gasteiger partial charge in [-0.05, 0) is 46.5 Å². The van der Waals surface area contributed by atoms with Crippen molar-refractivity contribution >= 4 is 8.53 Å². The fourth-order valence-electron chi connectivity index (χ4n) is 3.22. The third kappa shape index (κ3) is 3.80. The van der Waals surface area contributed by atoms with E-state index in [1.54, 1.807) is 0 Å². The van der Waals surface area contributed by atoms with E-state index in [4.69, 9.17) is 14.8 Å². The Morgan fingerprint density at radius 3 is 2.35 bits per heavy atom. The molecule has 4 unspecified atom stereocenters. The molecule has 0 aromatic rings. The summed E-state index contributed by atoms with van der Waals surface area (Å²) in [5.74, 6) is 1.32. The Labute approximate surface area is 124 Å². The van der Waals surface area contributed by atoms with Crippen LogP contribution in [0.2, 0.25) is 0 Å². The molecule has 2 rings (SSSR count). The van der Waals surface area contributed by atoms with Crippen LogP contribution in [-0.2, 0) is 9.05 Å². The average molecular weight is 300 g/mol. The van der Waals surface area contributed by atoms with Crippen molar-refractivity contribution in [3.63, 3.8) is 0 Å². The maximum atomic E-state index is 6.39. The Balaban J connectivity index is 2.00. The van der Waals surface area contributed by atoms with Crippen molar-refractivity contribution in [2.24, 2.45) is 17.6 Å². The fraction of sp³-hybridized carbons (Fsp3) is 0.867. The van der Waals surface area contributed by atoms with Crippen molar-refractivity contribution in [2.45, 2.75) is 58.7 Å². The van der Waals surface area contributed by atoms with Gasteiger partial charge in [-0.15, -0.1) is 0 Å². The van der Waals surface area contributed by atoms with Crippen LogP contribution in [0.3, 0.4) is 0 Å². The van der Waals surface area contributed by atoms with E-state index in [9.17, 15) is 0 Å². The van der Waals surface area contributed by atoms with Gasteiger partial charge in [-0.3, -0.25) is 0 Å². The van der Waals surface area contributed by atoms with Gasteiger partial charge in [0.05, 0.1) is 12.7 Å². The summed E-state index contributed by atoms with van der Waals surface area (Å²) in [5.41, 5.74) is 5.60. The first-order chi connectivity index (χ1) is 9.52. The number of allylic oxidation sites excluding steroid dienone is 1. The summed E-state index contributed by atoms with van der Waals surface area (Å²) in [5, 5.41) is 0. The van der Waals surface area contributed by atoms with E-state index in [2.05, 4.69) is 44.5 Å². The number of rotatable bonds is 8. The normalized spacial score (nSPS) is 30.1. The lowest BCUT2D eigenvalue weighted by Gasteiger charge is -2.37. The molecule has 0 aromatic heterocycles. The summed E-state index contributed by atoms with van der Waals surface area (Å²) in [4.78, 5) is 0. The molecule has 4 atom stereocenters. The maximum absolute atomic E-state index is 6.39. The topological polar surface area (TPSA) is 47.7 Å². The molecule has 0 aliphatic heterocycles. The van der Waals surface area contributed by atoms with E-state index in [1.165, 1.54) is 6.42 Å². The molecule has 20 heavy (non-hydrogen) atoms. The lowest BCUT2D eigenvalue weighted by molar-refractivity contribution is 0.118. The van der Waals surface area contributed by atoms with Crippen molar-refractivity contribution in [3.8, 4) is 0 Å². The largest absolute Gasteiger partial charge is 0.328 e. The van der Waals surface area contributed by atoms with Crippen LogP contribution in [0.25, 0.3) is 0 Å². The molecule has 0 amide bonds. The van der Waals surface area contributed by atoms with Gasteiger partial charge < -0.3 is 14.8 Å². The first kappa shape index (κ1) is 16.4. The van der Waals surface area contributed by atoms with E-state index < -0.39 is 8.53 Å². The summed E-state index contributed by atoms with van der Waals surface area (Å²) in [6.45, 7) is 9.91. The molecule has 2 aliphatic carbocycles. The van der Waals surface area contributed by atoms with Crippen LogP contribution in [-0.4, -0.2) is 36.0 Å². The quantitative estimate of drug-likeness (QED) is 0.552. The number of hydrogen-bond acceptors (Lipinski definition) is 4. The van der Waals surface area contributed by atoms with Crippen molar-refractivity contribution in [1.29, 1.82) is 0 Å². The molecule has 0 heterocycles. The summed E-state index contributed by atoms with van der Waals surface area (Å²) >= 11 is 0.